The van der Waals surface area contributed by atoms with Gasteiger partial charge >= 0.3 is 0 Å². The number of nitrogens with one attached hydrogen (secondary N) is 1. The summed E-state index contributed by atoms with van der Waals surface area (Å²) in [6.45, 7) is 6.51. The summed E-state index contributed by atoms with van der Waals surface area (Å²) in [5.74, 6) is 1.21. The van der Waals surface area contributed by atoms with E-state index in [1.807, 2.05) is 44.2 Å². The third kappa shape index (κ3) is 4.90. The lowest BCUT2D eigenvalue weighted by Crippen LogP contribution is -2.36. The molecule has 0 fully saturated rings. The van der Waals surface area contributed by atoms with E-state index in [9.17, 15) is 4.79 Å². The first-order valence-electron chi connectivity index (χ1n) is 7.92. The number of halogens is 1. The third-order valence-corrected chi connectivity index (χ3v) is 3.96. The SMILES string of the molecule is CCOc1ccccc1CNC(=O)[C@@H](C)Oc1ccc(Cl)c(C)c1. The highest BCUT2D eigenvalue weighted by Gasteiger charge is 2.15. The van der Waals surface area contributed by atoms with Crippen molar-refractivity contribution in [2.75, 3.05) is 6.61 Å². The zero-order valence-electron chi connectivity index (χ0n) is 14.1. The van der Waals surface area contributed by atoms with E-state index in [1.165, 1.54) is 0 Å². The van der Waals surface area contributed by atoms with Gasteiger partial charge in [-0.15, -0.1) is 0 Å². The van der Waals surface area contributed by atoms with Crippen LogP contribution in [0, 0.1) is 6.92 Å². The maximum Gasteiger partial charge on any atom is 0.261 e. The predicted octanol–water partition coefficient (Wildman–Crippen LogP) is 4.13. The molecular formula is C19H22ClNO3. The van der Waals surface area contributed by atoms with Gasteiger partial charge in [-0.25, -0.2) is 0 Å². The van der Waals surface area contributed by atoms with E-state index >= 15 is 0 Å². The van der Waals surface area contributed by atoms with Crippen molar-refractivity contribution in [3.05, 3.63) is 58.6 Å². The Morgan fingerprint density at radius 3 is 2.71 bits per heavy atom. The van der Waals surface area contributed by atoms with Crippen molar-refractivity contribution in [3.8, 4) is 11.5 Å². The number of rotatable bonds is 7. The van der Waals surface area contributed by atoms with E-state index < -0.39 is 6.10 Å². The number of carbonyl (C=O) groups excluding carboxylic acids is 1. The highest BCUT2D eigenvalue weighted by Crippen LogP contribution is 2.22. The lowest BCUT2D eigenvalue weighted by atomic mass is 10.2. The third-order valence-electron chi connectivity index (χ3n) is 3.54. The smallest absolute Gasteiger partial charge is 0.261 e. The Labute approximate surface area is 147 Å². The molecule has 0 aliphatic carbocycles. The van der Waals surface area contributed by atoms with Gasteiger partial charge in [-0.05, 0) is 50.6 Å². The first-order valence-corrected chi connectivity index (χ1v) is 8.30. The molecule has 0 heterocycles. The zero-order valence-corrected chi connectivity index (χ0v) is 14.9. The van der Waals surface area contributed by atoms with E-state index in [4.69, 9.17) is 21.1 Å². The number of amides is 1. The van der Waals surface area contributed by atoms with Crippen LogP contribution in [0.3, 0.4) is 0 Å². The molecule has 4 nitrogen and oxygen atoms in total. The van der Waals surface area contributed by atoms with Crippen molar-refractivity contribution in [1.82, 2.24) is 5.32 Å². The van der Waals surface area contributed by atoms with Crippen LogP contribution in [-0.2, 0) is 11.3 Å². The molecule has 0 aromatic heterocycles. The van der Waals surface area contributed by atoms with Gasteiger partial charge in [-0.1, -0.05) is 29.8 Å². The van der Waals surface area contributed by atoms with Crippen molar-refractivity contribution in [1.29, 1.82) is 0 Å². The number of ether oxygens (including phenoxy) is 2. The fourth-order valence-corrected chi connectivity index (χ4v) is 2.34. The summed E-state index contributed by atoms with van der Waals surface area (Å²) >= 11 is 5.99. The lowest BCUT2D eigenvalue weighted by Gasteiger charge is -2.16. The average molecular weight is 348 g/mol. The highest BCUT2D eigenvalue weighted by molar-refractivity contribution is 6.31. The number of aryl methyl sites for hydroxylation is 1. The van der Waals surface area contributed by atoms with Gasteiger partial charge in [0.25, 0.3) is 5.91 Å². The monoisotopic (exact) mass is 347 g/mol. The predicted molar refractivity (Wildman–Crippen MR) is 95.7 cm³/mol. The molecule has 0 unspecified atom stereocenters. The number of carbonyl (C=O) groups is 1. The number of hydrogen-bond donors (Lipinski definition) is 1. The summed E-state index contributed by atoms with van der Waals surface area (Å²) < 4.78 is 11.2. The number of para-hydroxylation sites is 1. The molecule has 0 radical (unpaired) electrons. The molecule has 2 aromatic carbocycles. The van der Waals surface area contributed by atoms with Gasteiger partial charge in [0.15, 0.2) is 6.10 Å². The van der Waals surface area contributed by atoms with Crippen LogP contribution in [-0.4, -0.2) is 18.6 Å². The summed E-state index contributed by atoms with van der Waals surface area (Å²) in [5, 5.41) is 3.55. The van der Waals surface area contributed by atoms with Crippen LogP contribution in [0.5, 0.6) is 11.5 Å². The summed E-state index contributed by atoms with van der Waals surface area (Å²) in [4.78, 5) is 12.2. The molecule has 5 heteroatoms. The standard InChI is InChI=1S/C19H22ClNO3/c1-4-23-18-8-6-5-7-15(18)12-21-19(22)14(3)24-16-9-10-17(20)13(2)11-16/h5-11,14H,4,12H2,1-3H3,(H,21,22)/t14-/m1/s1. The summed E-state index contributed by atoms with van der Waals surface area (Å²) in [6, 6.07) is 13.0. The van der Waals surface area contributed by atoms with Gasteiger partial charge in [0, 0.05) is 17.1 Å². The maximum atomic E-state index is 12.2. The second-order valence-electron chi connectivity index (χ2n) is 5.43. The van der Waals surface area contributed by atoms with E-state index in [2.05, 4.69) is 5.32 Å². The van der Waals surface area contributed by atoms with Crippen LogP contribution >= 0.6 is 11.6 Å². The second kappa shape index (κ2) is 8.60. The topological polar surface area (TPSA) is 47.6 Å². The van der Waals surface area contributed by atoms with Gasteiger partial charge in [-0.3, -0.25) is 4.79 Å². The molecule has 1 atom stereocenters. The van der Waals surface area contributed by atoms with Crippen LogP contribution in [0.1, 0.15) is 25.0 Å². The maximum absolute atomic E-state index is 12.2. The minimum absolute atomic E-state index is 0.186. The van der Waals surface area contributed by atoms with Gasteiger partial charge in [0.05, 0.1) is 6.61 Å². The van der Waals surface area contributed by atoms with Gasteiger partial charge < -0.3 is 14.8 Å². The van der Waals surface area contributed by atoms with Crippen molar-refractivity contribution in [3.63, 3.8) is 0 Å². The van der Waals surface area contributed by atoms with Crippen LogP contribution in [0.25, 0.3) is 0 Å². The number of benzene rings is 2. The summed E-state index contributed by atoms with van der Waals surface area (Å²) in [7, 11) is 0. The summed E-state index contributed by atoms with van der Waals surface area (Å²) in [6.07, 6.45) is -0.607. The average Bonchev–Trinajstić information content (AvgIpc) is 2.57. The molecule has 0 spiro atoms. The molecule has 0 aliphatic rings. The van der Waals surface area contributed by atoms with E-state index in [1.54, 1.807) is 19.1 Å². The van der Waals surface area contributed by atoms with Crippen LogP contribution < -0.4 is 14.8 Å². The molecular weight excluding hydrogens is 326 g/mol. The van der Waals surface area contributed by atoms with Crippen molar-refractivity contribution in [2.45, 2.75) is 33.4 Å². The molecule has 0 saturated heterocycles. The minimum Gasteiger partial charge on any atom is -0.494 e. The van der Waals surface area contributed by atoms with E-state index in [0.29, 0.717) is 23.9 Å². The first-order chi connectivity index (χ1) is 11.5. The Hall–Kier alpha value is -2.20. The Morgan fingerprint density at radius 2 is 2.00 bits per heavy atom. The molecule has 1 N–H and O–H groups in total. The molecule has 0 saturated carbocycles. The molecule has 2 aromatic rings. The van der Waals surface area contributed by atoms with Gasteiger partial charge in [0.1, 0.15) is 11.5 Å². The van der Waals surface area contributed by atoms with Crippen LogP contribution in [0.15, 0.2) is 42.5 Å². The Bertz CT molecular complexity index is 703. The van der Waals surface area contributed by atoms with Crippen molar-refractivity contribution in [2.24, 2.45) is 0 Å². The molecule has 0 aliphatic heterocycles. The molecule has 128 valence electrons. The molecule has 0 bridgehead atoms. The second-order valence-corrected chi connectivity index (χ2v) is 5.84. The lowest BCUT2D eigenvalue weighted by molar-refractivity contribution is -0.127. The quantitative estimate of drug-likeness (QED) is 0.819. The van der Waals surface area contributed by atoms with Crippen molar-refractivity contribution >= 4 is 17.5 Å². The Balaban J connectivity index is 1.93. The van der Waals surface area contributed by atoms with Crippen LogP contribution in [0.4, 0.5) is 0 Å². The zero-order chi connectivity index (χ0) is 17.5. The molecule has 24 heavy (non-hydrogen) atoms. The number of hydrogen-bond acceptors (Lipinski definition) is 3. The fraction of sp³-hybridized carbons (Fsp3) is 0.316. The first kappa shape index (κ1) is 18.1. The fourth-order valence-electron chi connectivity index (χ4n) is 2.22. The Kier molecular flexibility index (Phi) is 6.50. The largest absolute Gasteiger partial charge is 0.494 e. The minimum atomic E-state index is -0.607. The van der Waals surface area contributed by atoms with Gasteiger partial charge in [0.2, 0.25) is 0 Å². The Morgan fingerprint density at radius 1 is 1.25 bits per heavy atom. The van der Waals surface area contributed by atoms with E-state index in [0.717, 1.165) is 16.9 Å². The summed E-state index contributed by atoms with van der Waals surface area (Å²) in [5.41, 5.74) is 1.84. The van der Waals surface area contributed by atoms with Crippen molar-refractivity contribution < 1.29 is 14.3 Å². The van der Waals surface area contributed by atoms with Crippen LogP contribution in [0.2, 0.25) is 5.02 Å². The highest BCUT2D eigenvalue weighted by atomic mass is 35.5. The molecule has 2 rings (SSSR count). The normalized spacial score (nSPS) is 11.7. The van der Waals surface area contributed by atoms with Gasteiger partial charge in [-0.2, -0.15) is 0 Å². The van der Waals surface area contributed by atoms with E-state index in [-0.39, 0.29) is 5.91 Å². The molecule has 1 amide bonds.